The molecule has 20 heavy (non-hydrogen) atoms. The molecular weight excluding hydrogens is 323 g/mol. The van der Waals surface area contributed by atoms with Gasteiger partial charge in [-0.2, -0.15) is 0 Å². The number of aliphatic carboxylic acids is 1. The molecule has 0 amide bonds. The van der Waals surface area contributed by atoms with Crippen LogP contribution >= 0.6 is 15.9 Å². The second-order valence-electron chi connectivity index (χ2n) is 4.66. The van der Waals surface area contributed by atoms with Crippen LogP contribution in [0.1, 0.15) is 11.1 Å². The molecule has 1 N–H and O–H groups in total. The summed E-state index contributed by atoms with van der Waals surface area (Å²) in [6.45, 7) is 0. The van der Waals surface area contributed by atoms with E-state index in [0.29, 0.717) is 12.8 Å². The van der Waals surface area contributed by atoms with Gasteiger partial charge < -0.3 is 5.11 Å². The number of rotatable bonds is 5. The van der Waals surface area contributed by atoms with E-state index in [4.69, 9.17) is 0 Å². The van der Waals surface area contributed by atoms with E-state index in [9.17, 15) is 14.3 Å². The van der Waals surface area contributed by atoms with Crippen molar-refractivity contribution in [3.8, 4) is 0 Å². The SMILES string of the molecule is O=C(O)C(Cc1ccc(F)cc1)Cc1ccccc1Br. The van der Waals surface area contributed by atoms with Gasteiger partial charge in [-0.25, -0.2) is 4.39 Å². The summed E-state index contributed by atoms with van der Waals surface area (Å²) in [7, 11) is 0. The van der Waals surface area contributed by atoms with Crippen molar-refractivity contribution in [1.82, 2.24) is 0 Å². The van der Waals surface area contributed by atoms with Gasteiger partial charge in [-0.05, 0) is 42.2 Å². The average Bonchev–Trinajstić information content (AvgIpc) is 2.42. The van der Waals surface area contributed by atoms with Crippen molar-refractivity contribution in [2.24, 2.45) is 5.92 Å². The molecular formula is C16H14BrFO2. The Balaban J connectivity index is 2.14. The van der Waals surface area contributed by atoms with E-state index in [1.807, 2.05) is 24.3 Å². The van der Waals surface area contributed by atoms with Gasteiger partial charge in [0.2, 0.25) is 0 Å². The van der Waals surface area contributed by atoms with E-state index >= 15 is 0 Å². The predicted molar refractivity (Wildman–Crippen MR) is 79.1 cm³/mol. The number of benzene rings is 2. The lowest BCUT2D eigenvalue weighted by atomic mass is 9.93. The third kappa shape index (κ3) is 3.90. The highest BCUT2D eigenvalue weighted by atomic mass is 79.9. The lowest BCUT2D eigenvalue weighted by molar-refractivity contribution is -0.141. The van der Waals surface area contributed by atoms with Crippen LogP contribution in [0.4, 0.5) is 4.39 Å². The quantitative estimate of drug-likeness (QED) is 0.893. The Morgan fingerprint density at radius 3 is 2.35 bits per heavy atom. The van der Waals surface area contributed by atoms with Crippen molar-refractivity contribution >= 4 is 21.9 Å². The normalized spacial score (nSPS) is 12.1. The van der Waals surface area contributed by atoms with Crippen LogP contribution in [0, 0.1) is 11.7 Å². The molecule has 0 fully saturated rings. The highest BCUT2D eigenvalue weighted by molar-refractivity contribution is 9.10. The first-order valence-corrected chi connectivity index (χ1v) is 7.06. The number of hydrogen-bond acceptors (Lipinski definition) is 1. The predicted octanol–water partition coefficient (Wildman–Crippen LogP) is 4.07. The summed E-state index contributed by atoms with van der Waals surface area (Å²) in [6.07, 6.45) is 0.824. The minimum absolute atomic E-state index is 0.313. The topological polar surface area (TPSA) is 37.3 Å². The molecule has 0 aromatic heterocycles. The zero-order chi connectivity index (χ0) is 14.5. The molecule has 0 saturated heterocycles. The van der Waals surface area contributed by atoms with Gasteiger partial charge in [-0.15, -0.1) is 0 Å². The molecule has 0 saturated carbocycles. The van der Waals surface area contributed by atoms with Crippen LogP contribution < -0.4 is 0 Å². The second-order valence-corrected chi connectivity index (χ2v) is 5.52. The Morgan fingerprint density at radius 2 is 1.75 bits per heavy atom. The standard InChI is InChI=1S/C16H14BrFO2/c17-15-4-2-1-3-12(15)10-13(16(19)20)9-11-5-7-14(18)8-6-11/h1-8,13H,9-10H2,(H,19,20). The second kappa shape index (κ2) is 6.66. The Bertz CT molecular complexity index is 596. The molecule has 2 rings (SSSR count). The fourth-order valence-electron chi connectivity index (χ4n) is 2.08. The van der Waals surface area contributed by atoms with Crippen molar-refractivity contribution in [2.45, 2.75) is 12.8 Å². The molecule has 1 unspecified atom stereocenters. The average molecular weight is 337 g/mol. The first-order valence-electron chi connectivity index (χ1n) is 6.27. The Labute approximate surface area is 125 Å². The van der Waals surface area contributed by atoms with E-state index < -0.39 is 11.9 Å². The minimum Gasteiger partial charge on any atom is -0.481 e. The zero-order valence-corrected chi connectivity index (χ0v) is 12.3. The summed E-state index contributed by atoms with van der Waals surface area (Å²) in [5, 5.41) is 9.35. The molecule has 2 aromatic rings. The number of hydrogen-bond donors (Lipinski definition) is 1. The molecule has 0 aliphatic rings. The molecule has 2 nitrogen and oxygen atoms in total. The van der Waals surface area contributed by atoms with Crippen LogP contribution in [0.2, 0.25) is 0 Å². The monoisotopic (exact) mass is 336 g/mol. The van der Waals surface area contributed by atoms with Crippen LogP contribution in [0.25, 0.3) is 0 Å². The highest BCUT2D eigenvalue weighted by Gasteiger charge is 2.19. The van der Waals surface area contributed by atoms with Crippen molar-refractivity contribution in [1.29, 1.82) is 0 Å². The molecule has 0 heterocycles. The first-order chi connectivity index (χ1) is 9.56. The van der Waals surface area contributed by atoms with E-state index in [-0.39, 0.29) is 5.82 Å². The van der Waals surface area contributed by atoms with Gasteiger partial charge in [0.05, 0.1) is 5.92 Å². The highest BCUT2D eigenvalue weighted by Crippen LogP contribution is 2.22. The van der Waals surface area contributed by atoms with Gasteiger partial charge in [-0.3, -0.25) is 4.79 Å². The summed E-state index contributed by atoms with van der Waals surface area (Å²) in [4.78, 5) is 11.4. The molecule has 0 spiro atoms. The van der Waals surface area contributed by atoms with Gasteiger partial charge in [-0.1, -0.05) is 46.3 Å². The summed E-state index contributed by atoms with van der Waals surface area (Å²) in [5.41, 5.74) is 1.79. The summed E-state index contributed by atoms with van der Waals surface area (Å²) >= 11 is 3.43. The first kappa shape index (κ1) is 14.7. The van der Waals surface area contributed by atoms with Crippen LogP contribution in [-0.4, -0.2) is 11.1 Å². The molecule has 0 aliphatic heterocycles. The molecule has 4 heteroatoms. The molecule has 0 bridgehead atoms. The van der Waals surface area contributed by atoms with Crippen LogP contribution in [0.5, 0.6) is 0 Å². The Kier molecular flexibility index (Phi) is 4.90. The summed E-state index contributed by atoms with van der Waals surface area (Å²) in [5.74, 6) is -1.68. The Hall–Kier alpha value is -1.68. The van der Waals surface area contributed by atoms with Crippen LogP contribution in [0.15, 0.2) is 53.0 Å². The van der Waals surface area contributed by atoms with Crippen LogP contribution in [-0.2, 0) is 17.6 Å². The maximum atomic E-state index is 12.9. The molecule has 0 radical (unpaired) electrons. The van der Waals surface area contributed by atoms with Crippen molar-refractivity contribution in [3.63, 3.8) is 0 Å². The molecule has 0 aliphatic carbocycles. The largest absolute Gasteiger partial charge is 0.481 e. The van der Waals surface area contributed by atoms with E-state index in [0.717, 1.165) is 15.6 Å². The van der Waals surface area contributed by atoms with Gasteiger partial charge in [0.25, 0.3) is 0 Å². The summed E-state index contributed by atoms with van der Waals surface area (Å²) in [6, 6.07) is 13.5. The van der Waals surface area contributed by atoms with E-state index in [1.54, 1.807) is 12.1 Å². The van der Waals surface area contributed by atoms with Crippen molar-refractivity contribution in [2.75, 3.05) is 0 Å². The van der Waals surface area contributed by atoms with Gasteiger partial charge in [0.1, 0.15) is 5.82 Å². The fourth-order valence-corrected chi connectivity index (χ4v) is 2.53. The van der Waals surface area contributed by atoms with Gasteiger partial charge >= 0.3 is 5.97 Å². The maximum absolute atomic E-state index is 12.9. The smallest absolute Gasteiger partial charge is 0.307 e. The lowest BCUT2D eigenvalue weighted by Crippen LogP contribution is -2.19. The number of carboxylic acids is 1. The molecule has 1 atom stereocenters. The number of carbonyl (C=O) groups is 1. The molecule has 2 aromatic carbocycles. The van der Waals surface area contributed by atoms with E-state index in [2.05, 4.69) is 15.9 Å². The Morgan fingerprint density at radius 1 is 1.10 bits per heavy atom. The summed E-state index contributed by atoms with van der Waals surface area (Å²) < 4.78 is 13.8. The van der Waals surface area contributed by atoms with Crippen LogP contribution in [0.3, 0.4) is 0 Å². The van der Waals surface area contributed by atoms with Gasteiger partial charge in [0.15, 0.2) is 0 Å². The van der Waals surface area contributed by atoms with Gasteiger partial charge in [0, 0.05) is 4.47 Å². The lowest BCUT2D eigenvalue weighted by Gasteiger charge is -2.13. The fraction of sp³-hybridized carbons (Fsp3) is 0.188. The third-order valence-corrected chi connectivity index (χ3v) is 3.94. The molecule has 104 valence electrons. The maximum Gasteiger partial charge on any atom is 0.307 e. The van der Waals surface area contributed by atoms with Crippen molar-refractivity contribution in [3.05, 3.63) is 69.9 Å². The minimum atomic E-state index is -0.843. The van der Waals surface area contributed by atoms with Crippen molar-refractivity contribution < 1.29 is 14.3 Å². The third-order valence-electron chi connectivity index (χ3n) is 3.17. The zero-order valence-electron chi connectivity index (χ0n) is 10.7. The number of halogens is 2. The van der Waals surface area contributed by atoms with E-state index in [1.165, 1.54) is 12.1 Å². The number of carboxylic acid groups (broad SMARTS) is 1.